The fraction of sp³-hybridized carbons (Fsp3) is 0.550. The van der Waals surface area contributed by atoms with Crippen molar-refractivity contribution in [1.29, 1.82) is 0 Å². The molecule has 1 aliphatic heterocycles. The Kier molecular flexibility index (Phi) is 4.55. The molecule has 132 valence electrons. The van der Waals surface area contributed by atoms with Crippen molar-refractivity contribution in [3.8, 4) is 11.4 Å². The second kappa shape index (κ2) is 6.98. The van der Waals surface area contributed by atoms with Gasteiger partial charge in [0, 0.05) is 48.9 Å². The molecule has 1 saturated heterocycles. The van der Waals surface area contributed by atoms with E-state index in [2.05, 4.69) is 32.4 Å². The fourth-order valence-electron chi connectivity index (χ4n) is 4.41. The van der Waals surface area contributed by atoms with Gasteiger partial charge in [0.15, 0.2) is 0 Å². The Hall–Kier alpha value is -2.17. The van der Waals surface area contributed by atoms with Gasteiger partial charge in [0.2, 0.25) is 5.91 Å². The van der Waals surface area contributed by atoms with Crippen molar-refractivity contribution in [2.24, 2.45) is 5.92 Å². The average molecular weight is 338 g/mol. The summed E-state index contributed by atoms with van der Waals surface area (Å²) in [6.45, 7) is 3.81. The van der Waals surface area contributed by atoms with Crippen molar-refractivity contribution in [2.45, 2.75) is 51.5 Å². The van der Waals surface area contributed by atoms with Gasteiger partial charge in [0.05, 0.1) is 6.04 Å². The van der Waals surface area contributed by atoms with Crippen LogP contribution in [0.25, 0.3) is 11.4 Å². The molecule has 1 amide bonds. The van der Waals surface area contributed by atoms with Gasteiger partial charge in [-0.05, 0) is 44.7 Å². The molecular weight excluding hydrogens is 312 g/mol. The highest BCUT2D eigenvalue weighted by atomic mass is 16.2. The van der Waals surface area contributed by atoms with Crippen LogP contribution in [-0.2, 0) is 4.79 Å². The van der Waals surface area contributed by atoms with Crippen molar-refractivity contribution in [3.63, 3.8) is 0 Å². The standard InChI is InChI=1S/C20H26N4O/c1-15-12-22-19(17-8-4-10-21-13-17)24(15)18-9-5-11-23(14-18)20(25)16-6-2-3-7-16/h4,8,10,12-13,16,18H,2-3,5-7,9,11,14H2,1H3. The Morgan fingerprint density at radius 2 is 2.00 bits per heavy atom. The summed E-state index contributed by atoms with van der Waals surface area (Å²) in [5.41, 5.74) is 2.19. The number of carbonyl (C=O) groups is 1. The number of hydrogen-bond acceptors (Lipinski definition) is 3. The van der Waals surface area contributed by atoms with Gasteiger partial charge in [0.1, 0.15) is 5.82 Å². The second-order valence-electron chi connectivity index (χ2n) is 7.40. The first kappa shape index (κ1) is 16.3. The van der Waals surface area contributed by atoms with E-state index in [1.165, 1.54) is 12.8 Å². The number of carbonyl (C=O) groups excluding carboxylic acids is 1. The molecule has 3 heterocycles. The first-order valence-corrected chi connectivity index (χ1v) is 9.47. The van der Waals surface area contributed by atoms with E-state index >= 15 is 0 Å². The molecule has 5 heteroatoms. The van der Waals surface area contributed by atoms with Crippen LogP contribution < -0.4 is 0 Å². The van der Waals surface area contributed by atoms with Crippen LogP contribution in [-0.4, -0.2) is 38.4 Å². The first-order valence-electron chi connectivity index (χ1n) is 9.47. The molecule has 25 heavy (non-hydrogen) atoms. The molecule has 2 aliphatic rings. The fourth-order valence-corrected chi connectivity index (χ4v) is 4.41. The monoisotopic (exact) mass is 338 g/mol. The highest BCUT2D eigenvalue weighted by Crippen LogP contribution is 2.32. The number of aromatic nitrogens is 3. The largest absolute Gasteiger partial charge is 0.340 e. The van der Waals surface area contributed by atoms with Gasteiger partial charge in [-0.3, -0.25) is 9.78 Å². The Bertz CT molecular complexity index is 733. The summed E-state index contributed by atoms with van der Waals surface area (Å²) in [6, 6.07) is 4.30. The lowest BCUT2D eigenvalue weighted by atomic mass is 10.0. The number of amides is 1. The van der Waals surface area contributed by atoms with E-state index in [1.54, 1.807) is 6.20 Å². The summed E-state index contributed by atoms with van der Waals surface area (Å²) < 4.78 is 2.31. The number of imidazole rings is 1. The number of aryl methyl sites for hydroxylation is 1. The molecule has 1 aliphatic carbocycles. The molecule has 4 rings (SSSR count). The van der Waals surface area contributed by atoms with Gasteiger partial charge in [-0.25, -0.2) is 4.98 Å². The van der Waals surface area contributed by atoms with E-state index in [4.69, 9.17) is 0 Å². The Labute approximate surface area is 149 Å². The number of likely N-dealkylation sites (tertiary alicyclic amines) is 1. The quantitative estimate of drug-likeness (QED) is 0.859. The van der Waals surface area contributed by atoms with Crippen molar-refractivity contribution in [3.05, 3.63) is 36.4 Å². The van der Waals surface area contributed by atoms with E-state index < -0.39 is 0 Å². The molecule has 1 saturated carbocycles. The number of nitrogens with zero attached hydrogens (tertiary/aromatic N) is 4. The summed E-state index contributed by atoms with van der Waals surface area (Å²) in [6.07, 6.45) is 12.3. The number of rotatable bonds is 3. The maximum absolute atomic E-state index is 12.8. The third-order valence-corrected chi connectivity index (χ3v) is 5.68. The van der Waals surface area contributed by atoms with Gasteiger partial charge in [-0.15, -0.1) is 0 Å². The van der Waals surface area contributed by atoms with Crippen LogP contribution in [0.3, 0.4) is 0 Å². The predicted octanol–water partition coefficient (Wildman–Crippen LogP) is 3.61. The average Bonchev–Trinajstić information content (AvgIpc) is 3.32. The molecule has 0 N–H and O–H groups in total. The first-order chi connectivity index (χ1) is 12.2. The number of hydrogen-bond donors (Lipinski definition) is 0. The van der Waals surface area contributed by atoms with Gasteiger partial charge in [-0.1, -0.05) is 12.8 Å². The molecule has 0 radical (unpaired) electrons. The highest BCUT2D eigenvalue weighted by Gasteiger charge is 2.32. The van der Waals surface area contributed by atoms with E-state index in [0.717, 1.165) is 55.9 Å². The van der Waals surface area contributed by atoms with Crippen LogP contribution in [0.1, 0.15) is 50.3 Å². The Morgan fingerprint density at radius 3 is 2.76 bits per heavy atom. The summed E-state index contributed by atoms with van der Waals surface area (Å²) in [7, 11) is 0. The maximum Gasteiger partial charge on any atom is 0.225 e. The van der Waals surface area contributed by atoms with Crippen LogP contribution in [0.2, 0.25) is 0 Å². The molecule has 0 bridgehead atoms. The lowest BCUT2D eigenvalue weighted by Crippen LogP contribution is -2.43. The van der Waals surface area contributed by atoms with E-state index in [1.807, 2.05) is 18.5 Å². The zero-order valence-corrected chi connectivity index (χ0v) is 14.9. The van der Waals surface area contributed by atoms with Gasteiger partial charge in [-0.2, -0.15) is 0 Å². The molecule has 1 atom stereocenters. The van der Waals surface area contributed by atoms with Crippen LogP contribution in [0.15, 0.2) is 30.7 Å². The number of piperidine rings is 1. The molecule has 2 fully saturated rings. The van der Waals surface area contributed by atoms with Crippen LogP contribution in [0.5, 0.6) is 0 Å². The second-order valence-corrected chi connectivity index (χ2v) is 7.40. The zero-order chi connectivity index (χ0) is 17.2. The minimum atomic E-state index is 0.264. The summed E-state index contributed by atoms with van der Waals surface area (Å²) in [5, 5.41) is 0. The predicted molar refractivity (Wildman–Crippen MR) is 97.0 cm³/mol. The zero-order valence-electron chi connectivity index (χ0n) is 14.9. The van der Waals surface area contributed by atoms with Crippen LogP contribution in [0, 0.1) is 12.8 Å². The van der Waals surface area contributed by atoms with Crippen molar-refractivity contribution < 1.29 is 4.79 Å². The minimum absolute atomic E-state index is 0.264. The third-order valence-electron chi connectivity index (χ3n) is 5.68. The summed E-state index contributed by atoms with van der Waals surface area (Å²) in [5.74, 6) is 1.61. The Balaban J connectivity index is 1.57. The lowest BCUT2D eigenvalue weighted by Gasteiger charge is -2.36. The molecule has 1 unspecified atom stereocenters. The van der Waals surface area contributed by atoms with E-state index in [0.29, 0.717) is 11.9 Å². The van der Waals surface area contributed by atoms with E-state index in [-0.39, 0.29) is 5.92 Å². The molecule has 2 aromatic rings. The van der Waals surface area contributed by atoms with Gasteiger partial charge < -0.3 is 9.47 Å². The van der Waals surface area contributed by atoms with Gasteiger partial charge in [0.25, 0.3) is 0 Å². The SMILES string of the molecule is Cc1cnc(-c2cccnc2)n1C1CCCN(C(=O)C2CCCC2)C1. The Morgan fingerprint density at radius 1 is 1.16 bits per heavy atom. The van der Waals surface area contributed by atoms with Crippen LogP contribution in [0.4, 0.5) is 0 Å². The van der Waals surface area contributed by atoms with Crippen molar-refractivity contribution in [1.82, 2.24) is 19.4 Å². The molecule has 0 spiro atoms. The minimum Gasteiger partial charge on any atom is -0.340 e. The normalized spacial score (nSPS) is 21.6. The number of pyridine rings is 1. The topological polar surface area (TPSA) is 51.0 Å². The molecule has 5 nitrogen and oxygen atoms in total. The summed E-state index contributed by atoms with van der Waals surface area (Å²) >= 11 is 0. The molecule has 2 aromatic heterocycles. The molecule has 0 aromatic carbocycles. The maximum atomic E-state index is 12.8. The molecular formula is C20H26N4O. The summed E-state index contributed by atoms with van der Waals surface area (Å²) in [4.78, 5) is 23.8. The smallest absolute Gasteiger partial charge is 0.225 e. The highest BCUT2D eigenvalue weighted by molar-refractivity contribution is 5.79. The third kappa shape index (κ3) is 3.20. The van der Waals surface area contributed by atoms with E-state index in [9.17, 15) is 4.79 Å². The van der Waals surface area contributed by atoms with Crippen molar-refractivity contribution >= 4 is 5.91 Å². The van der Waals surface area contributed by atoms with Gasteiger partial charge >= 0.3 is 0 Å². The van der Waals surface area contributed by atoms with Crippen molar-refractivity contribution in [2.75, 3.05) is 13.1 Å². The lowest BCUT2D eigenvalue weighted by molar-refractivity contribution is -0.137. The van der Waals surface area contributed by atoms with Crippen LogP contribution >= 0.6 is 0 Å².